The molecule has 0 spiro atoms. The van der Waals surface area contributed by atoms with Crippen LogP contribution in [0.1, 0.15) is 6.42 Å². The molecule has 1 aromatic carbocycles. The lowest BCUT2D eigenvalue weighted by Gasteiger charge is -2.07. The second-order valence-corrected chi connectivity index (χ2v) is 3.38. The number of carboxylic acids is 1. The normalized spacial score (nSPS) is 10.5. The zero-order chi connectivity index (χ0) is 11.5. The van der Waals surface area contributed by atoms with Crippen LogP contribution in [0.15, 0.2) is 35.3 Å². The summed E-state index contributed by atoms with van der Waals surface area (Å²) in [4.78, 5) is 26.0. The molecule has 0 saturated carbocycles. The van der Waals surface area contributed by atoms with E-state index in [1.54, 1.807) is 18.2 Å². The van der Waals surface area contributed by atoms with Crippen molar-refractivity contribution >= 4 is 17.0 Å². The minimum atomic E-state index is -0.923. The first-order valence-electron chi connectivity index (χ1n) is 4.85. The van der Waals surface area contributed by atoms with Gasteiger partial charge in [0.25, 0.3) is 5.56 Å². The Kier molecular flexibility index (Phi) is 2.68. The molecule has 5 nitrogen and oxygen atoms in total. The van der Waals surface area contributed by atoms with E-state index in [0.29, 0.717) is 11.0 Å². The van der Waals surface area contributed by atoms with Crippen LogP contribution in [0.3, 0.4) is 0 Å². The van der Waals surface area contributed by atoms with Gasteiger partial charge in [-0.1, -0.05) is 12.1 Å². The lowest BCUT2D eigenvalue weighted by Crippen LogP contribution is -2.21. The first kappa shape index (κ1) is 10.4. The molecule has 0 fully saturated rings. The van der Waals surface area contributed by atoms with Crippen molar-refractivity contribution in [1.29, 1.82) is 0 Å². The summed E-state index contributed by atoms with van der Waals surface area (Å²) >= 11 is 0. The molecule has 0 radical (unpaired) electrons. The highest BCUT2D eigenvalue weighted by molar-refractivity contribution is 5.74. The molecule has 0 aliphatic carbocycles. The third-order valence-electron chi connectivity index (χ3n) is 2.30. The van der Waals surface area contributed by atoms with Crippen LogP contribution in [0.2, 0.25) is 0 Å². The molecule has 1 aromatic heterocycles. The first-order chi connectivity index (χ1) is 7.68. The monoisotopic (exact) mass is 218 g/mol. The van der Waals surface area contributed by atoms with Crippen molar-refractivity contribution < 1.29 is 9.90 Å². The smallest absolute Gasteiger partial charge is 0.305 e. The van der Waals surface area contributed by atoms with E-state index in [1.807, 2.05) is 6.07 Å². The number of nitrogens with zero attached hydrogens (tertiary/aromatic N) is 2. The maximum absolute atomic E-state index is 11.6. The zero-order valence-electron chi connectivity index (χ0n) is 8.46. The minimum absolute atomic E-state index is 0.0755. The number of fused-ring (bicyclic) bond motifs is 1. The van der Waals surface area contributed by atoms with Gasteiger partial charge in [0, 0.05) is 6.54 Å². The maximum Gasteiger partial charge on any atom is 0.305 e. The molecule has 5 heteroatoms. The Morgan fingerprint density at radius 1 is 1.38 bits per heavy atom. The van der Waals surface area contributed by atoms with Gasteiger partial charge in [0.05, 0.1) is 23.7 Å². The fraction of sp³-hybridized carbons (Fsp3) is 0.182. The minimum Gasteiger partial charge on any atom is -0.481 e. The largest absolute Gasteiger partial charge is 0.481 e. The van der Waals surface area contributed by atoms with Crippen molar-refractivity contribution in [1.82, 2.24) is 9.55 Å². The molecule has 0 unspecified atom stereocenters. The summed E-state index contributed by atoms with van der Waals surface area (Å²) in [5, 5.41) is 8.61. The molecule has 0 aliphatic rings. The molecular weight excluding hydrogens is 208 g/mol. The molecule has 1 N–H and O–H groups in total. The topological polar surface area (TPSA) is 72.2 Å². The summed E-state index contributed by atoms with van der Waals surface area (Å²) in [5.41, 5.74) is 1.07. The average molecular weight is 218 g/mol. The fourth-order valence-electron chi connectivity index (χ4n) is 1.55. The molecular formula is C11H10N2O3. The average Bonchev–Trinajstić information content (AvgIpc) is 2.27. The molecule has 2 aromatic rings. The van der Waals surface area contributed by atoms with Gasteiger partial charge in [0.15, 0.2) is 0 Å². The predicted octanol–water partition coefficient (Wildman–Crippen LogP) is 0.871. The van der Waals surface area contributed by atoms with E-state index in [9.17, 15) is 9.59 Å². The van der Waals surface area contributed by atoms with E-state index in [-0.39, 0.29) is 18.5 Å². The number of hydrogen-bond acceptors (Lipinski definition) is 3. The van der Waals surface area contributed by atoms with Crippen molar-refractivity contribution in [2.24, 2.45) is 0 Å². The van der Waals surface area contributed by atoms with Gasteiger partial charge in [0.1, 0.15) is 0 Å². The van der Waals surface area contributed by atoms with Crippen LogP contribution >= 0.6 is 0 Å². The maximum atomic E-state index is 11.6. The summed E-state index contributed by atoms with van der Waals surface area (Å²) in [5.74, 6) is -0.923. The van der Waals surface area contributed by atoms with Gasteiger partial charge in [-0.3, -0.25) is 9.59 Å². The molecule has 1 heterocycles. The number of carboxylic acid groups (broad SMARTS) is 1. The highest BCUT2D eigenvalue weighted by Crippen LogP contribution is 2.08. The Bertz CT molecular complexity index is 589. The highest BCUT2D eigenvalue weighted by atomic mass is 16.4. The molecule has 0 aliphatic heterocycles. The fourth-order valence-corrected chi connectivity index (χ4v) is 1.55. The van der Waals surface area contributed by atoms with Crippen LogP contribution in [0.4, 0.5) is 0 Å². The van der Waals surface area contributed by atoms with Gasteiger partial charge < -0.3 is 9.67 Å². The molecule has 16 heavy (non-hydrogen) atoms. The van der Waals surface area contributed by atoms with Crippen LogP contribution in [0, 0.1) is 0 Å². The number of benzene rings is 1. The van der Waals surface area contributed by atoms with Gasteiger partial charge in [-0.25, -0.2) is 4.98 Å². The zero-order valence-corrected chi connectivity index (χ0v) is 8.46. The van der Waals surface area contributed by atoms with Gasteiger partial charge in [0.2, 0.25) is 0 Å². The lowest BCUT2D eigenvalue weighted by molar-refractivity contribution is -0.137. The van der Waals surface area contributed by atoms with Crippen molar-refractivity contribution in [3.63, 3.8) is 0 Å². The molecule has 0 saturated heterocycles. The van der Waals surface area contributed by atoms with Crippen LogP contribution in [0.5, 0.6) is 0 Å². The Morgan fingerprint density at radius 2 is 2.12 bits per heavy atom. The van der Waals surface area contributed by atoms with E-state index in [0.717, 1.165) is 0 Å². The van der Waals surface area contributed by atoms with Crippen LogP contribution < -0.4 is 5.56 Å². The van der Waals surface area contributed by atoms with Crippen molar-refractivity contribution in [2.75, 3.05) is 0 Å². The standard InChI is InChI=1S/C11H10N2O3/c14-10-7-12-8-3-1-2-4-9(8)13(10)6-5-11(15)16/h1-4,7H,5-6H2,(H,15,16). The van der Waals surface area contributed by atoms with Gasteiger partial charge in [-0.2, -0.15) is 0 Å². The van der Waals surface area contributed by atoms with Crippen molar-refractivity contribution in [3.05, 3.63) is 40.8 Å². The quantitative estimate of drug-likeness (QED) is 0.829. The Labute approximate surface area is 91.0 Å². The summed E-state index contributed by atoms with van der Waals surface area (Å²) in [6.07, 6.45) is 1.14. The number of aliphatic carboxylic acids is 1. The molecule has 2 rings (SSSR count). The molecule has 82 valence electrons. The van der Waals surface area contributed by atoms with Crippen LogP contribution in [-0.4, -0.2) is 20.6 Å². The summed E-state index contributed by atoms with van der Waals surface area (Å²) in [6, 6.07) is 7.15. The third kappa shape index (κ3) is 1.93. The number of para-hydroxylation sites is 2. The second-order valence-electron chi connectivity index (χ2n) is 3.38. The highest BCUT2D eigenvalue weighted by Gasteiger charge is 2.05. The third-order valence-corrected chi connectivity index (χ3v) is 2.30. The van der Waals surface area contributed by atoms with E-state index < -0.39 is 5.97 Å². The SMILES string of the molecule is O=C(O)CCn1c(=O)cnc2ccccc21. The van der Waals surface area contributed by atoms with Crippen LogP contribution in [0.25, 0.3) is 11.0 Å². The Morgan fingerprint density at radius 3 is 2.88 bits per heavy atom. The van der Waals surface area contributed by atoms with E-state index in [2.05, 4.69) is 4.98 Å². The molecule has 0 atom stereocenters. The Hall–Kier alpha value is -2.17. The van der Waals surface area contributed by atoms with Crippen molar-refractivity contribution in [2.45, 2.75) is 13.0 Å². The summed E-state index contributed by atoms with van der Waals surface area (Å²) in [6.45, 7) is 0.164. The first-order valence-corrected chi connectivity index (χ1v) is 4.85. The van der Waals surface area contributed by atoms with Gasteiger partial charge in [-0.05, 0) is 12.1 Å². The number of carbonyl (C=O) groups is 1. The summed E-state index contributed by atoms with van der Waals surface area (Å²) in [7, 11) is 0. The predicted molar refractivity (Wildman–Crippen MR) is 58.3 cm³/mol. The number of rotatable bonds is 3. The number of hydrogen-bond donors (Lipinski definition) is 1. The van der Waals surface area contributed by atoms with Gasteiger partial charge in [-0.15, -0.1) is 0 Å². The molecule has 0 bridgehead atoms. The summed E-state index contributed by atoms with van der Waals surface area (Å²) < 4.78 is 1.43. The van der Waals surface area contributed by atoms with Crippen LogP contribution in [-0.2, 0) is 11.3 Å². The number of aromatic nitrogens is 2. The van der Waals surface area contributed by atoms with E-state index in [4.69, 9.17) is 5.11 Å². The van der Waals surface area contributed by atoms with E-state index in [1.165, 1.54) is 10.8 Å². The van der Waals surface area contributed by atoms with Gasteiger partial charge >= 0.3 is 5.97 Å². The second kappa shape index (κ2) is 4.14. The number of aryl methyl sites for hydroxylation is 1. The lowest BCUT2D eigenvalue weighted by atomic mass is 10.3. The van der Waals surface area contributed by atoms with Crippen molar-refractivity contribution in [3.8, 4) is 0 Å². The Balaban J connectivity index is 2.53. The van der Waals surface area contributed by atoms with E-state index >= 15 is 0 Å². The molecule has 0 amide bonds.